The number of carbonyl (C=O) groups is 1. The summed E-state index contributed by atoms with van der Waals surface area (Å²) in [5, 5.41) is 3.06. The van der Waals surface area contributed by atoms with Gasteiger partial charge in [-0.2, -0.15) is 0 Å². The van der Waals surface area contributed by atoms with Crippen LogP contribution < -0.4 is 16.0 Å². The van der Waals surface area contributed by atoms with Crippen LogP contribution in [0.15, 0.2) is 24.3 Å². The van der Waals surface area contributed by atoms with Crippen LogP contribution in [0, 0.1) is 11.8 Å². The average molecular weight is 275 g/mol. The minimum absolute atomic E-state index is 0.0105. The molecule has 2 rings (SSSR count). The highest BCUT2D eigenvalue weighted by molar-refractivity contribution is 5.95. The predicted octanol–water partition coefficient (Wildman–Crippen LogP) is 1.86. The number of benzene rings is 1. The van der Waals surface area contributed by atoms with E-state index >= 15 is 0 Å². The first-order chi connectivity index (χ1) is 9.61. The van der Waals surface area contributed by atoms with Crippen molar-refractivity contribution >= 4 is 11.6 Å². The highest BCUT2D eigenvalue weighted by atomic mass is 16.1. The highest BCUT2D eigenvalue weighted by Crippen LogP contribution is 2.30. The Hall–Kier alpha value is -1.55. The molecule has 0 spiro atoms. The Morgan fingerprint density at radius 1 is 1.35 bits per heavy atom. The molecule has 1 aromatic rings. The summed E-state index contributed by atoms with van der Waals surface area (Å²) in [5.41, 5.74) is 7.54. The SMILES string of the molecule is CN(C)c1cccc(C(=O)NCC2CCCC2CN)c1. The molecule has 4 nitrogen and oxygen atoms in total. The maximum Gasteiger partial charge on any atom is 0.251 e. The largest absolute Gasteiger partial charge is 0.378 e. The summed E-state index contributed by atoms with van der Waals surface area (Å²) in [6, 6.07) is 7.70. The molecule has 0 bridgehead atoms. The van der Waals surface area contributed by atoms with Gasteiger partial charge in [0.1, 0.15) is 0 Å². The monoisotopic (exact) mass is 275 g/mol. The van der Waals surface area contributed by atoms with Crippen LogP contribution in [0.2, 0.25) is 0 Å². The third kappa shape index (κ3) is 3.51. The van der Waals surface area contributed by atoms with Crippen molar-refractivity contribution in [3.05, 3.63) is 29.8 Å². The van der Waals surface area contributed by atoms with Crippen LogP contribution in [0.1, 0.15) is 29.6 Å². The van der Waals surface area contributed by atoms with Gasteiger partial charge in [-0.25, -0.2) is 0 Å². The second-order valence-electron chi connectivity index (χ2n) is 5.84. The first-order valence-electron chi connectivity index (χ1n) is 7.37. The molecule has 4 heteroatoms. The number of hydrogen-bond donors (Lipinski definition) is 2. The maximum atomic E-state index is 12.2. The first-order valence-corrected chi connectivity index (χ1v) is 7.37. The van der Waals surface area contributed by atoms with E-state index in [1.54, 1.807) is 0 Å². The van der Waals surface area contributed by atoms with Crippen molar-refractivity contribution < 1.29 is 4.79 Å². The Bertz CT molecular complexity index is 459. The Balaban J connectivity index is 1.93. The van der Waals surface area contributed by atoms with E-state index < -0.39 is 0 Å². The Kier molecular flexibility index (Phi) is 5.01. The van der Waals surface area contributed by atoms with Gasteiger partial charge in [0.05, 0.1) is 0 Å². The summed E-state index contributed by atoms with van der Waals surface area (Å²) >= 11 is 0. The fourth-order valence-electron chi connectivity index (χ4n) is 2.94. The molecule has 0 radical (unpaired) electrons. The molecule has 110 valence electrons. The number of anilines is 1. The number of carbonyl (C=O) groups excluding carboxylic acids is 1. The van der Waals surface area contributed by atoms with Gasteiger partial charge in [-0.1, -0.05) is 12.5 Å². The standard InChI is InChI=1S/C16H25N3O/c1-19(2)15-8-4-5-12(9-15)16(20)18-11-14-7-3-6-13(14)10-17/h4-5,8-9,13-14H,3,6-7,10-11,17H2,1-2H3,(H,18,20). The molecule has 1 aliphatic rings. The van der Waals surface area contributed by atoms with Crippen molar-refractivity contribution in [3.63, 3.8) is 0 Å². The second kappa shape index (κ2) is 6.75. The summed E-state index contributed by atoms with van der Waals surface area (Å²) < 4.78 is 0. The summed E-state index contributed by atoms with van der Waals surface area (Å²) in [5.74, 6) is 1.13. The van der Waals surface area contributed by atoms with E-state index in [2.05, 4.69) is 5.32 Å². The molecule has 0 aromatic heterocycles. The van der Waals surface area contributed by atoms with Gasteiger partial charge in [-0.05, 0) is 49.4 Å². The van der Waals surface area contributed by atoms with Gasteiger partial charge in [0.15, 0.2) is 0 Å². The molecule has 20 heavy (non-hydrogen) atoms. The van der Waals surface area contributed by atoms with E-state index in [1.807, 2.05) is 43.3 Å². The first kappa shape index (κ1) is 14.9. The molecule has 2 unspecified atom stereocenters. The van der Waals surface area contributed by atoms with E-state index in [9.17, 15) is 4.79 Å². The highest BCUT2D eigenvalue weighted by Gasteiger charge is 2.26. The molecule has 2 atom stereocenters. The maximum absolute atomic E-state index is 12.2. The molecule has 1 amide bonds. The Morgan fingerprint density at radius 3 is 2.80 bits per heavy atom. The van der Waals surface area contributed by atoms with E-state index in [1.165, 1.54) is 19.3 Å². The smallest absolute Gasteiger partial charge is 0.251 e. The fourth-order valence-corrected chi connectivity index (χ4v) is 2.94. The van der Waals surface area contributed by atoms with E-state index in [-0.39, 0.29) is 5.91 Å². The molecule has 0 saturated heterocycles. The predicted molar refractivity (Wildman–Crippen MR) is 83.0 cm³/mol. The van der Waals surface area contributed by atoms with Gasteiger partial charge >= 0.3 is 0 Å². The van der Waals surface area contributed by atoms with E-state index in [0.717, 1.165) is 24.3 Å². The molecular weight excluding hydrogens is 250 g/mol. The summed E-state index contributed by atoms with van der Waals surface area (Å²) in [7, 11) is 3.95. The summed E-state index contributed by atoms with van der Waals surface area (Å²) in [6.07, 6.45) is 3.62. The number of nitrogens with two attached hydrogens (primary N) is 1. The van der Waals surface area contributed by atoms with Crippen molar-refractivity contribution in [1.29, 1.82) is 0 Å². The van der Waals surface area contributed by atoms with Crippen LogP contribution in [-0.4, -0.2) is 33.1 Å². The topological polar surface area (TPSA) is 58.4 Å². The van der Waals surface area contributed by atoms with Gasteiger partial charge < -0.3 is 16.0 Å². The van der Waals surface area contributed by atoms with Crippen LogP contribution in [0.3, 0.4) is 0 Å². The Labute approximate surface area is 121 Å². The van der Waals surface area contributed by atoms with Gasteiger partial charge in [0, 0.05) is 31.9 Å². The molecule has 1 aromatic carbocycles. The van der Waals surface area contributed by atoms with E-state index in [0.29, 0.717) is 11.8 Å². The number of hydrogen-bond acceptors (Lipinski definition) is 3. The zero-order valence-corrected chi connectivity index (χ0v) is 12.4. The molecule has 1 aliphatic carbocycles. The normalized spacial score (nSPS) is 21.8. The lowest BCUT2D eigenvalue weighted by atomic mass is 9.96. The van der Waals surface area contributed by atoms with Gasteiger partial charge in [0.25, 0.3) is 5.91 Å². The van der Waals surface area contributed by atoms with Gasteiger partial charge in [-0.3, -0.25) is 4.79 Å². The average Bonchev–Trinajstić information content (AvgIpc) is 2.92. The fraction of sp³-hybridized carbons (Fsp3) is 0.562. The third-order valence-corrected chi connectivity index (χ3v) is 4.27. The third-order valence-electron chi connectivity index (χ3n) is 4.27. The van der Waals surface area contributed by atoms with Gasteiger partial charge in [-0.15, -0.1) is 0 Å². The van der Waals surface area contributed by atoms with Crippen LogP contribution in [0.4, 0.5) is 5.69 Å². The molecular formula is C16H25N3O. The van der Waals surface area contributed by atoms with Crippen molar-refractivity contribution in [3.8, 4) is 0 Å². The second-order valence-corrected chi connectivity index (χ2v) is 5.84. The lowest BCUT2D eigenvalue weighted by Gasteiger charge is -2.18. The minimum Gasteiger partial charge on any atom is -0.378 e. The lowest BCUT2D eigenvalue weighted by Crippen LogP contribution is -2.32. The summed E-state index contributed by atoms with van der Waals surface area (Å²) in [6.45, 7) is 1.48. The lowest BCUT2D eigenvalue weighted by molar-refractivity contribution is 0.0944. The quantitative estimate of drug-likeness (QED) is 0.862. The van der Waals surface area contributed by atoms with Crippen LogP contribution >= 0.6 is 0 Å². The van der Waals surface area contributed by atoms with E-state index in [4.69, 9.17) is 5.73 Å². The molecule has 0 heterocycles. The van der Waals surface area contributed by atoms with Crippen LogP contribution in [-0.2, 0) is 0 Å². The van der Waals surface area contributed by atoms with Crippen LogP contribution in [0.5, 0.6) is 0 Å². The van der Waals surface area contributed by atoms with Crippen molar-refractivity contribution in [2.24, 2.45) is 17.6 Å². The number of nitrogens with one attached hydrogen (secondary N) is 1. The molecule has 1 saturated carbocycles. The van der Waals surface area contributed by atoms with Crippen molar-refractivity contribution in [2.45, 2.75) is 19.3 Å². The molecule has 1 fully saturated rings. The van der Waals surface area contributed by atoms with Gasteiger partial charge in [0.2, 0.25) is 0 Å². The Morgan fingerprint density at radius 2 is 2.10 bits per heavy atom. The minimum atomic E-state index is 0.0105. The van der Waals surface area contributed by atoms with Crippen molar-refractivity contribution in [2.75, 3.05) is 32.1 Å². The molecule has 3 N–H and O–H groups in total. The number of rotatable bonds is 5. The molecule has 0 aliphatic heterocycles. The number of nitrogens with zero attached hydrogens (tertiary/aromatic N) is 1. The summed E-state index contributed by atoms with van der Waals surface area (Å²) in [4.78, 5) is 14.2. The van der Waals surface area contributed by atoms with Crippen LogP contribution in [0.25, 0.3) is 0 Å². The number of amides is 1. The zero-order valence-electron chi connectivity index (χ0n) is 12.4. The zero-order chi connectivity index (χ0) is 14.5. The van der Waals surface area contributed by atoms with Crippen molar-refractivity contribution in [1.82, 2.24) is 5.32 Å².